The molecule has 0 saturated carbocycles. The first-order valence-corrected chi connectivity index (χ1v) is 4.64. The maximum absolute atomic E-state index is 10.5. The quantitative estimate of drug-likeness (QED) is 0.571. The SMILES string of the molecule is Cc1cc([N+](=O)[O-])ccc1C1CNC1. The highest BCUT2D eigenvalue weighted by molar-refractivity contribution is 5.41. The average Bonchev–Trinajstić information content (AvgIpc) is 2.04. The number of hydrogen-bond donors (Lipinski definition) is 1. The third-order valence-corrected chi connectivity index (χ3v) is 2.69. The molecule has 0 spiro atoms. The van der Waals surface area contributed by atoms with Crippen LogP contribution in [0.25, 0.3) is 0 Å². The number of rotatable bonds is 2. The zero-order valence-electron chi connectivity index (χ0n) is 7.99. The second-order valence-electron chi connectivity index (χ2n) is 3.65. The molecule has 2 rings (SSSR count). The Morgan fingerprint density at radius 1 is 1.50 bits per heavy atom. The van der Waals surface area contributed by atoms with Crippen molar-refractivity contribution >= 4 is 5.69 Å². The van der Waals surface area contributed by atoms with Crippen LogP contribution in [0.4, 0.5) is 5.69 Å². The Morgan fingerprint density at radius 3 is 2.64 bits per heavy atom. The molecular formula is C10H12N2O2. The van der Waals surface area contributed by atoms with Gasteiger partial charge in [-0.05, 0) is 18.1 Å². The molecule has 0 aliphatic carbocycles. The van der Waals surface area contributed by atoms with Gasteiger partial charge in [-0.15, -0.1) is 0 Å². The van der Waals surface area contributed by atoms with Crippen LogP contribution in [0.1, 0.15) is 17.0 Å². The summed E-state index contributed by atoms with van der Waals surface area (Å²) in [6.45, 7) is 3.90. The molecule has 1 aliphatic heterocycles. The summed E-state index contributed by atoms with van der Waals surface area (Å²) in [4.78, 5) is 10.2. The molecular weight excluding hydrogens is 180 g/mol. The first kappa shape index (κ1) is 9.15. The van der Waals surface area contributed by atoms with Gasteiger partial charge in [-0.2, -0.15) is 0 Å². The number of nitro groups is 1. The monoisotopic (exact) mass is 192 g/mol. The number of non-ortho nitro benzene ring substituents is 1. The number of nitrogens with zero attached hydrogens (tertiary/aromatic N) is 1. The second-order valence-corrected chi connectivity index (χ2v) is 3.65. The van der Waals surface area contributed by atoms with Gasteiger partial charge in [0.05, 0.1) is 4.92 Å². The van der Waals surface area contributed by atoms with Crippen molar-refractivity contribution in [2.24, 2.45) is 0 Å². The number of aryl methyl sites for hydroxylation is 1. The minimum atomic E-state index is -0.351. The highest BCUT2D eigenvalue weighted by Gasteiger charge is 2.21. The Hall–Kier alpha value is -1.42. The van der Waals surface area contributed by atoms with Crippen molar-refractivity contribution in [1.29, 1.82) is 0 Å². The van der Waals surface area contributed by atoms with Gasteiger partial charge in [0.2, 0.25) is 0 Å². The van der Waals surface area contributed by atoms with Crippen molar-refractivity contribution in [2.75, 3.05) is 13.1 Å². The topological polar surface area (TPSA) is 55.2 Å². The molecule has 1 aromatic rings. The molecule has 1 fully saturated rings. The van der Waals surface area contributed by atoms with Gasteiger partial charge in [-0.1, -0.05) is 6.07 Å². The Balaban J connectivity index is 2.30. The molecule has 0 amide bonds. The van der Waals surface area contributed by atoms with Crippen molar-refractivity contribution in [1.82, 2.24) is 5.32 Å². The number of nitrogens with one attached hydrogen (secondary N) is 1. The van der Waals surface area contributed by atoms with E-state index in [1.165, 1.54) is 5.56 Å². The first-order valence-electron chi connectivity index (χ1n) is 4.64. The summed E-state index contributed by atoms with van der Waals surface area (Å²) in [5.41, 5.74) is 2.43. The lowest BCUT2D eigenvalue weighted by atomic mass is 9.90. The molecule has 0 bridgehead atoms. The van der Waals surface area contributed by atoms with Gasteiger partial charge < -0.3 is 5.32 Å². The van der Waals surface area contributed by atoms with E-state index in [4.69, 9.17) is 0 Å². The van der Waals surface area contributed by atoms with E-state index in [1.807, 2.05) is 13.0 Å². The molecule has 1 N–H and O–H groups in total. The van der Waals surface area contributed by atoms with E-state index >= 15 is 0 Å². The minimum Gasteiger partial charge on any atom is -0.315 e. The molecule has 0 unspecified atom stereocenters. The number of hydrogen-bond acceptors (Lipinski definition) is 3. The van der Waals surface area contributed by atoms with Crippen molar-refractivity contribution in [2.45, 2.75) is 12.8 Å². The van der Waals surface area contributed by atoms with E-state index in [0.29, 0.717) is 5.92 Å². The van der Waals surface area contributed by atoms with E-state index < -0.39 is 0 Å². The van der Waals surface area contributed by atoms with E-state index in [0.717, 1.165) is 18.7 Å². The fourth-order valence-corrected chi connectivity index (χ4v) is 1.74. The standard InChI is InChI=1S/C10H12N2O2/c1-7-4-9(12(13)14)2-3-10(7)8-5-11-6-8/h2-4,8,11H,5-6H2,1H3. The van der Waals surface area contributed by atoms with Gasteiger partial charge in [0.1, 0.15) is 0 Å². The average molecular weight is 192 g/mol. The van der Waals surface area contributed by atoms with Crippen molar-refractivity contribution in [3.05, 3.63) is 39.4 Å². The lowest BCUT2D eigenvalue weighted by Gasteiger charge is -2.28. The summed E-state index contributed by atoms with van der Waals surface area (Å²) in [5.74, 6) is 0.538. The van der Waals surface area contributed by atoms with Gasteiger partial charge in [0.15, 0.2) is 0 Å². The van der Waals surface area contributed by atoms with Gasteiger partial charge >= 0.3 is 0 Å². The predicted molar refractivity (Wildman–Crippen MR) is 53.4 cm³/mol. The highest BCUT2D eigenvalue weighted by Crippen LogP contribution is 2.26. The molecule has 0 aromatic heterocycles. The summed E-state index contributed by atoms with van der Waals surface area (Å²) >= 11 is 0. The number of benzene rings is 1. The summed E-state index contributed by atoms with van der Waals surface area (Å²) in [6, 6.07) is 5.10. The molecule has 1 aliphatic rings. The maximum Gasteiger partial charge on any atom is 0.269 e. The molecule has 14 heavy (non-hydrogen) atoms. The van der Waals surface area contributed by atoms with E-state index in [9.17, 15) is 10.1 Å². The Labute approximate surface area is 82.1 Å². The highest BCUT2D eigenvalue weighted by atomic mass is 16.6. The molecule has 0 radical (unpaired) electrons. The van der Waals surface area contributed by atoms with E-state index in [-0.39, 0.29) is 10.6 Å². The van der Waals surface area contributed by atoms with Crippen LogP contribution in [0, 0.1) is 17.0 Å². The lowest BCUT2D eigenvalue weighted by molar-refractivity contribution is -0.384. The fraction of sp³-hybridized carbons (Fsp3) is 0.400. The molecule has 1 heterocycles. The van der Waals surface area contributed by atoms with Crippen LogP contribution in [0.15, 0.2) is 18.2 Å². The lowest BCUT2D eigenvalue weighted by Crippen LogP contribution is -2.40. The zero-order chi connectivity index (χ0) is 10.1. The summed E-state index contributed by atoms with van der Waals surface area (Å²) in [5, 5.41) is 13.7. The Kier molecular flexibility index (Phi) is 2.21. The molecule has 4 heteroatoms. The molecule has 1 aromatic carbocycles. The molecule has 74 valence electrons. The fourth-order valence-electron chi connectivity index (χ4n) is 1.74. The van der Waals surface area contributed by atoms with Crippen LogP contribution >= 0.6 is 0 Å². The van der Waals surface area contributed by atoms with Crippen LogP contribution in [0.3, 0.4) is 0 Å². The third-order valence-electron chi connectivity index (χ3n) is 2.69. The maximum atomic E-state index is 10.5. The van der Waals surface area contributed by atoms with Crippen molar-refractivity contribution in [3.63, 3.8) is 0 Å². The van der Waals surface area contributed by atoms with Crippen LogP contribution in [0.5, 0.6) is 0 Å². The molecule has 1 saturated heterocycles. The van der Waals surface area contributed by atoms with Gasteiger partial charge in [-0.3, -0.25) is 10.1 Å². The largest absolute Gasteiger partial charge is 0.315 e. The Morgan fingerprint density at radius 2 is 2.21 bits per heavy atom. The smallest absolute Gasteiger partial charge is 0.269 e. The molecule has 4 nitrogen and oxygen atoms in total. The van der Waals surface area contributed by atoms with Crippen molar-refractivity contribution < 1.29 is 4.92 Å². The van der Waals surface area contributed by atoms with Crippen LogP contribution in [-0.2, 0) is 0 Å². The zero-order valence-corrected chi connectivity index (χ0v) is 7.99. The normalized spacial score (nSPS) is 16.4. The summed E-state index contributed by atoms with van der Waals surface area (Å²) in [7, 11) is 0. The van der Waals surface area contributed by atoms with Gasteiger partial charge in [-0.25, -0.2) is 0 Å². The van der Waals surface area contributed by atoms with Gasteiger partial charge in [0.25, 0.3) is 5.69 Å². The third kappa shape index (κ3) is 1.48. The predicted octanol–water partition coefficient (Wildman–Crippen LogP) is 1.59. The number of nitro benzene ring substituents is 1. The second kappa shape index (κ2) is 3.38. The molecule has 0 atom stereocenters. The van der Waals surface area contributed by atoms with E-state index in [2.05, 4.69) is 5.32 Å². The summed E-state index contributed by atoms with van der Waals surface area (Å²) < 4.78 is 0. The van der Waals surface area contributed by atoms with Crippen molar-refractivity contribution in [3.8, 4) is 0 Å². The van der Waals surface area contributed by atoms with Gasteiger partial charge in [0, 0.05) is 31.1 Å². The minimum absolute atomic E-state index is 0.179. The van der Waals surface area contributed by atoms with E-state index in [1.54, 1.807) is 12.1 Å². The van der Waals surface area contributed by atoms with Crippen LogP contribution in [0.2, 0.25) is 0 Å². The van der Waals surface area contributed by atoms with Crippen LogP contribution < -0.4 is 5.32 Å². The summed E-state index contributed by atoms with van der Waals surface area (Å²) in [6.07, 6.45) is 0. The van der Waals surface area contributed by atoms with Crippen LogP contribution in [-0.4, -0.2) is 18.0 Å². The first-order chi connectivity index (χ1) is 6.68. The Bertz CT molecular complexity index is 372.